The fourth-order valence-electron chi connectivity index (χ4n) is 3.89. The lowest BCUT2D eigenvalue weighted by molar-refractivity contribution is -0.0872. The summed E-state index contributed by atoms with van der Waals surface area (Å²) in [6, 6.07) is 14.2. The van der Waals surface area contributed by atoms with E-state index in [1.54, 1.807) is 12.1 Å². The molecule has 1 amide bonds. The molecule has 0 bridgehead atoms. The molecular formula is C23H28FN3O3. The molecule has 0 aromatic heterocycles. The zero-order valence-corrected chi connectivity index (χ0v) is 17.0. The number of anilines is 2. The van der Waals surface area contributed by atoms with E-state index in [1.165, 1.54) is 12.1 Å². The first-order valence-corrected chi connectivity index (χ1v) is 10.5. The van der Waals surface area contributed by atoms with E-state index in [2.05, 4.69) is 15.5 Å². The van der Waals surface area contributed by atoms with Crippen LogP contribution in [0.25, 0.3) is 0 Å². The molecule has 2 N–H and O–H groups in total. The topological polar surface area (TPSA) is 62.8 Å². The van der Waals surface area contributed by atoms with E-state index in [9.17, 15) is 9.18 Å². The van der Waals surface area contributed by atoms with Crippen LogP contribution < -0.4 is 15.5 Å². The highest BCUT2D eigenvalue weighted by Crippen LogP contribution is 2.23. The van der Waals surface area contributed by atoms with Gasteiger partial charge in [0.1, 0.15) is 5.82 Å². The van der Waals surface area contributed by atoms with Crippen LogP contribution >= 0.6 is 0 Å². The second-order valence-corrected chi connectivity index (χ2v) is 7.72. The minimum Gasteiger partial charge on any atom is -0.376 e. The second-order valence-electron chi connectivity index (χ2n) is 7.72. The van der Waals surface area contributed by atoms with Gasteiger partial charge < -0.3 is 25.0 Å². The maximum absolute atomic E-state index is 13.8. The van der Waals surface area contributed by atoms with E-state index < -0.39 is 11.7 Å². The van der Waals surface area contributed by atoms with Crippen LogP contribution in [-0.4, -0.2) is 57.5 Å². The van der Waals surface area contributed by atoms with Crippen molar-refractivity contribution in [3.05, 3.63) is 59.9 Å². The number of ether oxygens (including phenoxy) is 2. The molecule has 2 heterocycles. The summed E-state index contributed by atoms with van der Waals surface area (Å²) in [5, 5.41) is 6.36. The number of benzene rings is 2. The summed E-state index contributed by atoms with van der Waals surface area (Å²) in [4.78, 5) is 14.6. The third kappa shape index (κ3) is 5.36. The number of rotatable bonds is 6. The Bertz CT molecular complexity index is 832. The van der Waals surface area contributed by atoms with Crippen LogP contribution in [0.1, 0.15) is 23.2 Å². The number of carbonyl (C=O) groups excluding carboxylic acids is 1. The van der Waals surface area contributed by atoms with Crippen LogP contribution in [0, 0.1) is 5.82 Å². The third-order valence-corrected chi connectivity index (χ3v) is 5.62. The number of nitrogens with zero attached hydrogens (tertiary/aromatic N) is 1. The van der Waals surface area contributed by atoms with Gasteiger partial charge >= 0.3 is 0 Å². The Morgan fingerprint density at radius 2 is 1.83 bits per heavy atom. The van der Waals surface area contributed by atoms with Crippen molar-refractivity contribution in [2.24, 2.45) is 0 Å². The number of hydrogen-bond donors (Lipinski definition) is 2. The summed E-state index contributed by atoms with van der Waals surface area (Å²) in [5.41, 5.74) is 1.82. The molecule has 160 valence electrons. The van der Waals surface area contributed by atoms with Gasteiger partial charge in [-0.1, -0.05) is 12.1 Å². The van der Waals surface area contributed by atoms with E-state index >= 15 is 0 Å². The normalized spacial score (nSPS) is 20.2. The predicted octanol–water partition coefficient (Wildman–Crippen LogP) is 3.05. The van der Waals surface area contributed by atoms with Crippen LogP contribution in [0.5, 0.6) is 0 Å². The molecule has 2 saturated heterocycles. The lowest BCUT2D eigenvalue weighted by Crippen LogP contribution is -2.46. The number of piperidine rings is 1. The van der Waals surface area contributed by atoms with Crippen molar-refractivity contribution in [3.63, 3.8) is 0 Å². The van der Waals surface area contributed by atoms with Crippen LogP contribution in [0.3, 0.4) is 0 Å². The summed E-state index contributed by atoms with van der Waals surface area (Å²) in [7, 11) is 0. The van der Waals surface area contributed by atoms with Gasteiger partial charge in [0, 0.05) is 37.1 Å². The lowest BCUT2D eigenvalue weighted by atomic mass is 10.0. The highest BCUT2D eigenvalue weighted by atomic mass is 19.1. The SMILES string of the molecule is O=C(Nc1ccc(N2CCC(NCC3COCCO3)CC2)cc1)c1ccccc1F. The lowest BCUT2D eigenvalue weighted by Gasteiger charge is -2.35. The molecule has 0 saturated carbocycles. The summed E-state index contributed by atoms with van der Waals surface area (Å²) in [5.74, 6) is -0.967. The van der Waals surface area contributed by atoms with Gasteiger partial charge in [0.25, 0.3) is 5.91 Å². The third-order valence-electron chi connectivity index (χ3n) is 5.62. The molecule has 1 unspecified atom stereocenters. The summed E-state index contributed by atoms with van der Waals surface area (Å²) < 4.78 is 24.9. The average Bonchev–Trinajstić information content (AvgIpc) is 2.79. The molecule has 0 aliphatic carbocycles. The first-order valence-electron chi connectivity index (χ1n) is 10.5. The molecule has 7 heteroatoms. The zero-order chi connectivity index (χ0) is 20.8. The second kappa shape index (κ2) is 10.0. The van der Waals surface area contributed by atoms with Gasteiger partial charge in [0.15, 0.2) is 0 Å². The van der Waals surface area contributed by atoms with Crippen LogP contribution in [-0.2, 0) is 9.47 Å². The Hall–Kier alpha value is -2.48. The van der Waals surface area contributed by atoms with E-state index in [-0.39, 0.29) is 11.7 Å². The molecule has 2 fully saturated rings. The predicted molar refractivity (Wildman–Crippen MR) is 115 cm³/mol. The molecule has 1 atom stereocenters. The van der Waals surface area contributed by atoms with Crippen molar-refractivity contribution in [1.82, 2.24) is 5.32 Å². The number of carbonyl (C=O) groups is 1. The molecule has 0 radical (unpaired) electrons. The largest absolute Gasteiger partial charge is 0.376 e. The van der Waals surface area contributed by atoms with Crippen LogP contribution in [0.2, 0.25) is 0 Å². The van der Waals surface area contributed by atoms with Crippen molar-refractivity contribution in [1.29, 1.82) is 0 Å². The molecule has 6 nitrogen and oxygen atoms in total. The van der Waals surface area contributed by atoms with E-state index in [1.807, 2.05) is 24.3 Å². The van der Waals surface area contributed by atoms with E-state index in [0.29, 0.717) is 31.5 Å². The number of hydrogen-bond acceptors (Lipinski definition) is 5. The maximum atomic E-state index is 13.8. The quantitative estimate of drug-likeness (QED) is 0.762. The molecule has 2 aliphatic rings. The standard InChI is InChI=1S/C23H28FN3O3/c24-22-4-2-1-3-21(22)23(28)26-18-5-7-19(8-6-18)27-11-9-17(10-12-27)25-15-20-16-29-13-14-30-20/h1-8,17,20,25H,9-16H2,(H,26,28). The van der Waals surface area contributed by atoms with Gasteiger partial charge in [0.05, 0.1) is 31.5 Å². The maximum Gasteiger partial charge on any atom is 0.258 e. The Kier molecular flexibility index (Phi) is 6.94. The first kappa shape index (κ1) is 20.8. The van der Waals surface area contributed by atoms with Crippen molar-refractivity contribution in [2.45, 2.75) is 25.0 Å². The summed E-state index contributed by atoms with van der Waals surface area (Å²) >= 11 is 0. The minimum absolute atomic E-state index is 0.0429. The van der Waals surface area contributed by atoms with Crippen molar-refractivity contribution < 1.29 is 18.7 Å². The molecule has 30 heavy (non-hydrogen) atoms. The van der Waals surface area contributed by atoms with Crippen molar-refractivity contribution in [2.75, 3.05) is 49.7 Å². The molecule has 2 aromatic rings. The average molecular weight is 413 g/mol. The van der Waals surface area contributed by atoms with Gasteiger partial charge in [-0.15, -0.1) is 0 Å². The smallest absolute Gasteiger partial charge is 0.258 e. The number of nitrogens with one attached hydrogen (secondary N) is 2. The molecule has 2 aromatic carbocycles. The Morgan fingerprint density at radius 1 is 1.07 bits per heavy atom. The van der Waals surface area contributed by atoms with Gasteiger partial charge in [-0.3, -0.25) is 4.79 Å². The minimum atomic E-state index is -0.523. The van der Waals surface area contributed by atoms with E-state index in [4.69, 9.17) is 9.47 Å². The highest BCUT2D eigenvalue weighted by Gasteiger charge is 2.21. The highest BCUT2D eigenvalue weighted by molar-refractivity contribution is 6.04. The Labute approximate surface area is 176 Å². The molecule has 4 rings (SSSR count). The fourth-order valence-corrected chi connectivity index (χ4v) is 3.89. The zero-order valence-electron chi connectivity index (χ0n) is 17.0. The van der Waals surface area contributed by atoms with Crippen LogP contribution in [0.15, 0.2) is 48.5 Å². The molecule has 0 spiro atoms. The van der Waals surface area contributed by atoms with Gasteiger partial charge in [-0.25, -0.2) is 4.39 Å². The van der Waals surface area contributed by atoms with E-state index in [0.717, 1.165) is 38.2 Å². The first-order chi connectivity index (χ1) is 14.7. The van der Waals surface area contributed by atoms with Gasteiger partial charge in [-0.2, -0.15) is 0 Å². The molecular weight excluding hydrogens is 385 g/mol. The number of amides is 1. The van der Waals surface area contributed by atoms with Gasteiger partial charge in [-0.05, 0) is 49.2 Å². The van der Waals surface area contributed by atoms with Crippen LogP contribution in [0.4, 0.5) is 15.8 Å². The Morgan fingerprint density at radius 3 is 2.53 bits per heavy atom. The van der Waals surface area contributed by atoms with Crippen molar-refractivity contribution >= 4 is 17.3 Å². The summed E-state index contributed by atoms with van der Waals surface area (Å²) in [6.45, 7) is 4.83. The monoisotopic (exact) mass is 413 g/mol. The van der Waals surface area contributed by atoms with Gasteiger partial charge in [0.2, 0.25) is 0 Å². The molecule has 2 aliphatic heterocycles. The summed E-state index contributed by atoms with van der Waals surface area (Å²) in [6.07, 6.45) is 2.29. The fraction of sp³-hybridized carbons (Fsp3) is 0.435. The number of halogens is 1. The Balaban J connectivity index is 1.24. The van der Waals surface area contributed by atoms with Crippen molar-refractivity contribution in [3.8, 4) is 0 Å².